The van der Waals surface area contributed by atoms with E-state index in [-0.39, 0.29) is 27.3 Å². The smallest absolute Gasteiger partial charge is 0.319 e. The molecule has 2 atom stereocenters. The lowest BCUT2D eigenvalue weighted by atomic mass is 9.78. The molecular weight excluding hydrogens is 470 g/mol. The van der Waals surface area contributed by atoms with E-state index in [9.17, 15) is 19.6 Å². The van der Waals surface area contributed by atoms with Crippen LogP contribution >= 0.6 is 23.4 Å². The third-order valence-electron chi connectivity index (χ3n) is 4.79. The summed E-state index contributed by atoms with van der Waals surface area (Å²) in [7, 11) is 2.75. The lowest BCUT2D eigenvalue weighted by Crippen LogP contribution is -2.44. The molecule has 0 saturated carbocycles. The van der Waals surface area contributed by atoms with Gasteiger partial charge in [-0.1, -0.05) is 29.4 Å². The molecule has 0 radical (unpaired) electrons. The summed E-state index contributed by atoms with van der Waals surface area (Å²) in [6.45, 7) is 3.19. The monoisotopic (exact) mass is 495 g/mol. The van der Waals surface area contributed by atoms with Gasteiger partial charge in [-0.05, 0) is 31.0 Å². The predicted molar refractivity (Wildman–Crippen MR) is 124 cm³/mol. The third-order valence-corrected chi connectivity index (χ3v) is 6.11. The zero-order valence-corrected chi connectivity index (χ0v) is 20.2. The van der Waals surface area contributed by atoms with Crippen molar-refractivity contribution in [3.05, 3.63) is 39.4 Å². The van der Waals surface area contributed by atoms with Crippen LogP contribution in [0.5, 0.6) is 5.75 Å². The molecule has 0 bridgehead atoms. The molecule has 9 nitrogen and oxygen atoms in total. The van der Waals surface area contributed by atoms with E-state index in [0.717, 1.165) is 11.8 Å². The number of carbonyl (C=O) groups excluding carboxylic acids is 3. The zero-order valence-electron chi connectivity index (χ0n) is 18.6. The van der Waals surface area contributed by atoms with Crippen molar-refractivity contribution in [1.29, 1.82) is 5.26 Å². The maximum Gasteiger partial charge on any atom is 0.319 e. The summed E-state index contributed by atoms with van der Waals surface area (Å²) in [5.74, 6) is -3.46. The van der Waals surface area contributed by atoms with Gasteiger partial charge in [-0.15, -0.1) is 0 Å². The summed E-state index contributed by atoms with van der Waals surface area (Å²) >= 11 is 7.33. The number of allylic oxidation sites excluding steroid dienone is 1. The largest absolute Gasteiger partial charge is 0.492 e. The van der Waals surface area contributed by atoms with Crippen LogP contribution in [-0.4, -0.2) is 57.5 Å². The van der Waals surface area contributed by atoms with E-state index >= 15 is 0 Å². The van der Waals surface area contributed by atoms with Crippen LogP contribution in [0, 0.1) is 17.2 Å². The Kier molecular flexibility index (Phi) is 10.5. The van der Waals surface area contributed by atoms with Crippen molar-refractivity contribution in [2.24, 2.45) is 5.92 Å². The van der Waals surface area contributed by atoms with Gasteiger partial charge in [-0.25, -0.2) is 0 Å². The van der Waals surface area contributed by atoms with Gasteiger partial charge in [0.15, 0.2) is 0 Å². The van der Waals surface area contributed by atoms with E-state index in [0.29, 0.717) is 37.5 Å². The summed E-state index contributed by atoms with van der Waals surface area (Å²) in [5.41, 5.74) is 0.620. The van der Waals surface area contributed by atoms with E-state index in [1.54, 1.807) is 25.3 Å². The average molecular weight is 496 g/mol. The summed E-state index contributed by atoms with van der Waals surface area (Å²) in [6, 6.07) is 6.93. The SMILES string of the molecule is CCOc1ccc([C@H]2C(C#N)=C(SCC(=O)NCCCOC)NC(=O)[C@H]2C(=O)OC)cc1Cl. The first-order chi connectivity index (χ1) is 15.9. The zero-order chi connectivity index (χ0) is 24.4. The molecule has 1 heterocycles. The lowest BCUT2D eigenvalue weighted by Gasteiger charge is -2.31. The number of ether oxygens (including phenoxy) is 3. The Morgan fingerprint density at radius 2 is 2.09 bits per heavy atom. The number of benzene rings is 1. The van der Waals surface area contributed by atoms with Gasteiger partial charge in [-0.2, -0.15) is 5.26 Å². The Morgan fingerprint density at radius 1 is 1.33 bits per heavy atom. The molecule has 1 aliphatic rings. The van der Waals surface area contributed by atoms with Gasteiger partial charge < -0.3 is 24.8 Å². The number of esters is 1. The van der Waals surface area contributed by atoms with Crippen LogP contribution in [0.25, 0.3) is 0 Å². The fourth-order valence-corrected chi connectivity index (χ4v) is 4.42. The Labute approximate surface area is 201 Å². The van der Waals surface area contributed by atoms with Gasteiger partial charge in [0, 0.05) is 26.2 Å². The number of methoxy groups -OCH3 is 2. The minimum atomic E-state index is -1.29. The molecule has 2 N–H and O–H groups in total. The highest BCUT2D eigenvalue weighted by Gasteiger charge is 2.44. The molecule has 1 aromatic rings. The van der Waals surface area contributed by atoms with Crippen molar-refractivity contribution < 1.29 is 28.6 Å². The molecule has 0 aromatic heterocycles. The van der Waals surface area contributed by atoms with Crippen molar-refractivity contribution in [2.75, 3.05) is 39.7 Å². The van der Waals surface area contributed by atoms with Crippen LogP contribution in [0.1, 0.15) is 24.8 Å². The third kappa shape index (κ3) is 6.87. The Hall–Kier alpha value is -2.74. The summed E-state index contributed by atoms with van der Waals surface area (Å²) in [5, 5.41) is 15.8. The molecule has 0 spiro atoms. The van der Waals surface area contributed by atoms with Crippen molar-refractivity contribution >= 4 is 41.1 Å². The van der Waals surface area contributed by atoms with Crippen LogP contribution < -0.4 is 15.4 Å². The summed E-state index contributed by atoms with van der Waals surface area (Å²) in [4.78, 5) is 37.5. The number of nitriles is 1. The topological polar surface area (TPSA) is 127 Å². The molecule has 0 saturated heterocycles. The average Bonchev–Trinajstić information content (AvgIpc) is 2.80. The van der Waals surface area contributed by atoms with E-state index in [1.807, 2.05) is 6.92 Å². The summed E-state index contributed by atoms with van der Waals surface area (Å²) < 4.78 is 15.2. The number of hydrogen-bond donors (Lipinski definition) is 2. The molecule has 33 heavy (non-hydrogen) atoms. The normalized spacial score (nSPS) is 17.7. The maximum atomic E-state index is 12.9. The van der Waals surface area contributed by atoms with Crippen LogP contribution in [-0.2, 0) is 23.9 Å². The molecule has 11 heteroatoms. The minimum absolute atomic E-state index is 0.0204. The van der Waals surface area contributed by atoms with Crippen LogP contribution in [0.15, 0.2) is 28.8 Å². The van der Waals surface area contributed by atoms with Gasteiger partial charge in [0.2, 0.25) is 11.8 Å². The van der Waals surface area contributed by atoms with Gasteiger partial charge in [-0.3, -0.25) is 14.4 Å². The number of nitrogens with zero attached hydrogens (tertiary/aromatic N) is 1. The van der Waals surface area contributed by atoms with Gasteiger partial charge >= 0.3 is 5.97 Å². The Balaban J connectivity index is 2.36. The fourth-order valence-electron chi connectivity index (χ4n) is 3.30. The lowest BCUT2D eigenvalue weighted by molar-refractivity contribution is -0.150. The van der Waals surface area contributed by atoms with Crippen molar-refractivity contribution in [1.82, 2.24) is 10.6 Å². The first kappa shape index (κ1) is 26.5. The molecule has 2 amide bonds. The number of nitrogens with one attached hydrogen (secondary N) is 2. The summed E-state index contributed by atoms with van der Waals surface area (Å²) in [6.07, 6.45) is 0.664. The standard InChI is InChI=1S/C22H26ClN3O6S/c1-4-32-16-7-6-13(10-15(16)23)18-14(11-24)21(26-20(28)19(18)22(29)31-3)33-12-17(27)25-8-5-9-30-2/h6-7,10,18-19H,4-5,8-9,12H2,1-3H3,(H,25,27)(H,26,28)/t18-,19-/m0/s1. The molecule has 0 fully saturated rings. The van der Waals surface area contributed by atoms with Crippen LogP contribution in [0.2, 0.25) is 5.02 Å². The maximum absolute atomic E-state index is 12.9. The van der Waals surface area contributed by atoms with E-state index < -0.39 is 23.7 Å². The van der Waals surface area contributed by atoms with Crippen LogP contribution in [0.4, 0.5) is 0 Å². The second-order valence-electron chi connectivity index (χ2n) is 6.93. The molecule has 0 aliphatic carbocycles. The number of amides is 2. The number of halogens is 1. The Bertz CT molecular complexity index is 962. The molecule has 2 rings (SSSR count). The number of carbonyl (C=O) groups is 3. The molecule has 178 valence electrons. The molecular formula is C22H26ClN3O6S. The highest BCUT2D eigenvalue weighted by atomic mass is 35.5. The highest BCUT2D eigenvalue weighted by Crippen LogP contribution is 2.42. The van der Waals surface area contributed by atoms with Crippen molar-refractivity contribution in [3.8, 4) is 11.8 Å². The second kappa shape index (κ2) is 13.1. The fraction of sp³-hybridized carbons (Fsp3) is 0.455. The Morgan fingerprint density at radius 3 is 2.70 bits per heavy atom. The van der Waals surface area contributed by atoms with E-state index in [2.05, 4.69) is 16.7 Å². The molecule has 0 unspecified atom stereocenters. The van der Waals surface area contributed by atoms with Crippen molar-refractivity contribution in [3.63, 3.8) is 0 Å². The number of hydrogen-bond acceptors (Lipinski definition) is 8. The highest BCUT2D eigenvalue weighted by molar-refractivity contribution is 8.03. The van der Waals surface area contributed by atoms with E-state index in [4.69, 9.17) is 25.8 Å². The molecule has 1 aliphatic heterocycles. The first-order valence-corrected chi connectivity index (χ1v) is 11.6. The van der Waals surface area contributed by atoms with Crippen LogP contribution in [0.3, 0.4) is 0 Å². The predicted octanol–water partition coefficient (Wildman–Crippen LogP) is 2.36. The minimum Gasteiger partial charge on any atom is -0.492 e. The quantitative estimate of drug-likeness (QED) is 0.272. The number of thioether (sulfide) groups is 1. The van der Waals surface area contributed by atoms with Gasteiger partial charge in [0.05, 0.1) is 41.2 Å². The molecule has 1 aromatic carbocycles. The van der Waals surface area contributed by atoms with Gasteiger partial charge in [0.25, 0.3) is 0 Å². The van der Waals surface area contributed by atoms with Crippen molar-refractivity contribution in [2.45, 2.75) is 19.3 Å². The first-order valence-electron chi connectivity index (χ1n) is 10.2. The number of rotatable bonds is 11. The van der Waals surface area contributed by atoms with E-state index in [1.165, 1.54) is 7.11 Å². The van der Waals surface area contributed by atoms with Gasteiger partial charge in [0.1, 0.15) is 11.7 Å². The second-order valence-corrected chi connectivity index (χ2v) is 8.32.